The van der Waals surface area contributed by atoms with Gasteiger partial charge in [0.1, 0.15) is 0 Å². The third-order valence-electron chi connectivity index (χ3n) is 4.07. The van der Waals surface area contributed by atoms with Gasteiger partial charge in [0.15, 0.2) is 0 Å². The zero-order valence-corrected chi connectivity index (χ0v) is 14.3. The third-order valence-corrected chi connectivity index (χ3v) is 5.04. The van der Waals surface area contributed by atoms with Crippen molar-refractivity contribution < 1.29 is 21.6 Å². The van der Waals surface area contributed by atoms with E-state index in [4.69, 9.17) is 5.14 Å². The van der Waals surface area contributed by atoms with E-state index in [0.29, 0.717) is 18.8 Å². The van der Waals surface area contributed by atoms with E-state index >= 15 is 0 Å². The van der Waals surface area contributed by atoms with E-state index in [1.54, 1.807) is 0 Å². The molecule has 2 rings (SSSR count). The Hall–Kier alpha value is -1.32. The van der Waals surface area contributed by atoms with E-state index in [-0.39, 0.29) is 0 Å². The number of anilines is 1. The van der Waals surface area contributed by atoms with E-state index in [1.807, 2.05) is 4.90 Å². The number of halogens is 3. The van der Waals surface area contributed by atoms with E-state index < -0.39 is 26.7 Å². The minimum Gasteiger partial charge on any atom is -0.370 e. The van der Waals surface area contributed by atoms with Gasteiger partial charge in [-0.1, -0.05) is 6.92 Å². The van der Waals surface area contributed by atoms with Gasteiger partial charge >= 0.3 is 6.18 Å². The molecule has 0 aromatic heterocycles. The summed E-state index contributed by atoms with van der Waals surface area (Å²) in [5, 5.41) is 4.91. The smallest absolute Gasteiger partial charge is 0.370 e. The van der Waals surface area contributed by atoms with Crippen LogP contribution in [0.3, 0.4) is 0 Å². The van der Waals surface area contributed by atoms with Gasteiger partial charge < -0.3 is 9.80 Å². The average Bonchev–Trinajstić information content (AvgIpc) is 2.71. The van der Waals surface area contributed by atoms with Gasteiger partial charge in [-0.25, -0.2) is 13.6 Å². The van der Waals surface area contributed by atoms with Gasteiger partial charge in [-0.2, -0.15) is 13.2 Å². The van der Waals surface area contributed by atoms with Crippen molar-refractivity contribution in [1.29, 1.82) is 0 Å². The summed E-state index contributed by atoms with van der Waals surface area (Å²) in [7, 11) is -4.43. The maximum atomic E-state index is 13.2. The number of benzene rings is 1. The van der Waals surface area contributed by atoms with Crippen LogP contribution < -0.4 is 10.0 Å². The number of nitrogens with zero attached hydrogens (tertiary/aromatic N) is 2. The second-order valence-corrected chi connectivity index (χ2v) is 7.44. The molecule has 0 saturated carbocycles. The Bertz CT molecular complexity index is 677. The minimum atomic E-state index is -4.78. The summed E-state index contributed by atoms with van der Waals surface area (Å²) in [6.45, 7) is 5.96. The molecule has 24 heavy (non-hydrogen) atoms. The third kappa shape index (κ3) is 4.61. The first-order chi connectivity index (χ1) is 11.1. The highest BCUT2D eigenvalue weighted by molar-refractivity contribution is 7.89. The molecule has 1 aliphatic heterocycles. The number of rotatable bonds is 4. The molecule has 1 aliphatic rings. The van der Waals surface area contributed by atoms with E-state index in [0.717, 1.165) is 44.6 Å². The number of hydrogen-bond acceptors (Lipinski definition) is 4. The molecule has 0 amide bonds. The molecule has 2 N–H and O–H groups in total. The predicted octanol–water partition coefficient (Wildman–Crippen LogP) is 2.27. The monoisotopic (exact) mass is 365 g/mol. The molecule has 1 saturated heterocycles. The molecule has 0 bridgehead atoms. The Morgan fingerprint density at radius 3 is 2.46 bits per heavy atom. The van der Waals surface area contributed by atoms with Crippen molar-refractivity contribution in [3.05, 3.63) is 23.8 Å². The molecule has 9 heteroatoms. The van der Waals surface area contributed by atoms with Crippen LogP contribution in [0.1, 0.15) is 25.3 Å². The molecule has 0 unspecified atom stereocenters. The van der Waals surface area contributed by atoms with E-state index in [2.05, 4.69) is 11.8 Å². The van der Waals surface area contributed by atoms with Crippen molar-refractivity contribution >= 4 is 15.7 Å². The molecule has 0 radical (unpaired) electrons. The predicted molar refractivity (Wildman–Crippen MR) is 86.4 cm³/mol. The zero-order valence-electron chi connectivity index (χ0n) is 13.5. The first-order valence-electron chi connectivity index (χ1n) is 7.84. The van der Waals surface area contributed by atoms with Crippen molar-refractivity contribution in [1.82, 2.24) is 4.90 Å². The van der Waals surface area contributed by atoms with Gasteiger partial charge in [-0.05, 0) is 44.1 Å². The largest absolute Gasteiger partial charge is 0.417 e. The summed E-state index contributed by atoms with van der Waals surface area (Å²) in [6.07, 6.45) is -2.91. The molecule has 1 heterocycles. The highest BCUT2D eigenvalue weighted by atomic mass is 32.2. The molecule has 1 aromatic rings. The van der Waals surface area contributed by atoms with Crippen LogP contribution in [0.15, 0.2) is 23.1 Å². The minimum absolute atomic E-state index is 0.369. The van der Waals surface area contributed by atoms with Crippen LogP contribution >= 0.6 is 0 Å². The van der Waals surface area contributed by atoms with E-state index in [9.17, 15) is 21.6 Å². The zero-order chi connectivity index (χ0) is 18.0. The number of alkyl halides is 3. The van der Waals surface area contributed by atoms with Crippen LogP contribution in [0.25, 0.3) is 0 Å². The summed E-state index contributed by atoms with van der Waals surface area (Å²) >= 11 is 0. The van der Waals surface area contributed by atoms with Crippen LogP contribution in [-0.4, -0.2) is 46.0 Å². The lowest BCUT2D eigenvalue weighted by molar-refractivity contribution is -0.139. The lowest BCUT2D eigenvalue weighted by Gasteiger charge is -2.25. The number of sulfonamides is 1. The molecular formula is C15H22F3N3O2S. The Morgan fingerprint density at radius 1 is 1.17 bits per heavy atom. The average molecular weight is 365 g/mol. The molecule has 0 spiro atoms. The highest BCUT2D eigenvalue weighted by Crippen LogP contribution is 2.36. The van der Waals surface area contributed by atoms with Crippen molar-refractivity contribution in [2.24, 2.45) is 5.14 Å². The van der Waals surface area contributed by atoms with Gasteiger partial charge in [0.2, 0.25) is 10.0 Å². The molecule has 0 aliphatic carbocycles. The SMILES string of the molecule is CCCN1CCCN(c2ccc(S(N)(=O)=O)c(C(F)(F)F)c2)CC1. The first-order valence-corrected chi connectivity index (χ1v) is 9.39. The Balaban J connectivity index is 2.32. The van der Waals surface area contributed by atoms with Crippen molar-refractivity contribution in [3.8, 4) is 0 Å². The summed E-state index contributed by atoms with van der Waals surface area (Å²) in [6, 6.07) is 3.22. The molecule has 1 fully saturated rings. The molecule has 1 aromatic carbocycles. The number of nitrogens with two attached hydrogens (primary N) is 1. The van der Waals surface area contributed by atoms with Gasteiger partial charge in [0.05, 0.1) is 10.5 Å². The van der Waals surface area contributed by atoms with Crippen LogP contribution in [0.5, 0.6) is 0 Å². The summed E-state index contributed by atoms with van der Waals surface area (Å²) in [4.78, 5) is 3.25. The Morgan fingerprint density at radius 2 is 1.88 bits per heavy atom. The van der Waals surface area contributed by atoms with E-state index in [1.165, 1.54) is 6.07 Å². The summed E-state index contributed by atoms with van der Waals surface area (Å²) in [5.74, 6) is 0. The normalized spacial score (nSPS) is 17.8. The number of primary sulfonamides is 1. The fraction of sp³-hybridized carbons (Fsp3) is 0.600. The summed E-state index contributed by atoms with van der Waals surface area (Å²) in [5.41, 5.74) is -0.842. The molecular weight excluding hydrogens is 343 g/mol. The quantitative estimate of drug-likeness (QED) is 0.889. The van der Waals surface area contributed by atoms with Crippen molar-refractivity contribution in [3.63, 3.8) is 0 Å². The van der Waals surface area contributed by atoms with Crippen LogP contribution in [0, 0.1) is 0 Å². The van der Waals surface area contributed by atoms with Crippen LogP contribution in [-0.2, 0) is 16.2 Å². The van der Waals surface area contributed by atoms with Gasteiger partial charge in [-0.15, -0.1) is 0 Å². The first kappa shape index (κ1) is 19.0. The maximum Gasteiger partial charge on any atom is 0.417 e. The van der Waals surface area contributed by atoms with Gasteiger partial charge in [0, 0.05) is 25.3 Å². The lowest BCUT2D eigenvalue weighted by atomic mass is 10.1. The van der Waals surface area contributed by atoms with Gasteiger partial charge in [-0.3, -0.25) is 0 Å². The second-order valence-electron chi connectivity index (χ2n) is 5.91. The topological polar surface area (TPSA) is 66.6 Å². The lowest BCUT2D eigenvalue weighted by Crippen LogP contribution is -2.31. The van der Waals surface area contributed by atoms with Gasteiger partial charge in [0.25, 0.3) is 0 Å². The van der Waals surface area contributed by atoms with Crippen molar-refractivity contribution in [2.75, 3.05) is 37.6 Å². The van der Waals surface area contributed by atoms with Crippen LogP contribution in [0.4, 0.5) is 18.9 Å². The standard InChI is InChI=1S/C15H22F3N3O2S/c1-2-6-20-7-3-8-21(10-9-20)12-4-5-14(24(19,22)23)13(11-12)15(16,17)18/h4-5,11H,2-3,6-10H2,1H3,(H2,19,22,23). The molecule has 136 valence electrons. The molecule has 0 atom stereocenters. The Labute approximate surface area is 140 Å². The maximum absolute atomic E-state index is 13.2. The van der Waals surface area contributed by atoms with Crippen LogP contribution in [0.2, 0.25) is 0 Å². The highest BCUT2D eigenvalue weighted by Gasteiger charge is 2.37. The summed E-state index contributed by atoms with van der Waals surface area (Å²) < 4.78 is 62.5. The fourth-order valence-electron chi connectivity index (χ4n) is 2.95. The Kier molecular flexibility index (Phi) is 5.77. The van der Waals surface area contributed by atoms with Crippen molar-refractivity contribution in [2.45, 2.75) is 30.8 Å². The molecule has 5 nitrogen and oxygen atoms in total. The number of hydrogen-bond donors (Lipinski definition) is 1. The second kappa shape index (κ2) is 7.28. The fourth-order valence-corrected chi connectivity index (χ4v) is 3.69.